The normalized spacial score (nSPS) is 28.7. The van der Waals surface area contributed by atoms with E-state index in [1.54, 1.807) is 5.51 Å². The predicted octanol–water partition coefficient (Wildman–Crippen LogP) is 1.22. The SMILES string of the molecule is NC1CCCCC1Nc1nncs1. The van der Waals surface area contributed by atoms with Crippen LogP contribution in [0.15, 0.2) is 5.51 Å². The van der Waals surface area contributed by atoms with Crippen LogP contribution >= 0.6 is 11.3 Å². The maximum absolute atomic E-state index is 5.99. The van der Waals surface area contributed by atoms with Crippen LogP contribution in [0.3, 0.4) is 0 Å². The van der Waals surface area contributed by atoms with Crippen LogP contribution in [0.5, 0.6) is 0 Å². The first-order valence-corrected chi connectivity index (χ1v) is 5.52. The van der Waals surface area contributed by atoms with Crippen LogP contribution in [-0.4, -0.2) is 22.3 Å². The van der Waals surface area contributed by atoms with E-state index in [2.05, 4.69) is 15.5 Å². The second kappa shape index (κ2) is 4.02. The average molecular weight is 198 g/mol. The third-order valence-electron chi connectivity index (χ3n) is 2.49. The van der Waals surface area contributed by atoms with Gasteiger partial charge in [-0.05, 0) is 12.8 Å². The number of rotatable bonds is 2. The molecule has 3 N–H and O–H groups in total. The largest absolute Gasteiger partial charge is 0.356 e. The van der Waals surface area contributed by atoms with Gasteiger partial charge < -0.3 is 11.1 Å². The minimum Gasteiger partial charge on any atom is -0.356 e. The highest BCUT2D eigenvalue weighted by Gasteiger charge is 2.21. The molecule has 0 spiro atoms. The van der Waals surface area contributed by atoms with E-state index in [1.807, 2.05) is 0 Å². The van der Waals surface area contributed by atoms with Crippen molar-refractivity contribution < 1.29 is 0 Å². The van der Waals surface area contributed by atoms with Gasteiger partial charge in [-0.3, -0.25) is 0 Å². The minimum absolute atomic E-state index is 0.276. The Bertz CT molecular complexity index is 249. The fourth-order valence-corrected chi connectivity index (χ4v) is 2.24. The van der Waals surface area contributed by atoms with E-state index in [0.29, 0.717) is 6.04 Å². The van der Waals surface area contributed by atoms with E-state index in [1.165, 1.54) is 24.2 Å². The van der Waals surface area contributed by atoms with E-state index in [9.17, 15) is 0 Å². The zero-order valence-corrected chi connectivity index (χ0v) is 8.26. The summed E-state index contributed by atoms with van der Waals surface area (Å²) >= 11 is 1.53. The van der Waals surface area contributed by atoms with Gasteiger partial charge in [-0.1, -0.05) is 24.2 Å². The lowest BCUT2D eigenvalue weighted by Gasteiger charge is -2.28. The molecule has 13 heavy (non-hydrogen) atoms. The van der Waals surface area contributed by atoms with Crippen LogP contribution < -0.4 is 11.1 Å². The molecular formula is C8H14N4S. The van der Waals surface area contributed by atoms with Crippen molar-refractivity contribution in [2.75, 3.05) is 5.32 Å². The van der Waals surface area contributed by atoms with E-state index in [0.717, 1.165) is 18.0 Å². The summed E-state index contributed by atoms with van der Waals surface area (Å²) in [4.78, 5) is 0. The molecular weight excluding hydrogens is 184 g/mol. The van der Waals surface area contributed by atoms with Gasteiger partial charge in [-0.25, -0.2) is 0 Å². The number of hydrogen-bond acceptors (Lipinski definition) is 5. The third-order valence-corrected chi connectivity index (χ3v) is 3.11. The van der Waals surface area contributed by atoms with Crippen molar-refractivity contribution in [3.05, 3.63) is 5.51 Å². The molecule has 0 aromatic carbocycles. The summed E-state index contributed by atoms with van der Waals surface area (Å²) in [5.74, 6) is 0. The van der Waals surface area contributed by atoms with Crippen molar-refractivity contribution in [3.8, 4) is 0 Å². The van der Waals surface area contributed by atoms with E-state index in [4.69, 9.17) is 5.73 Å². The highest BCUT2D eigenvalue weighted by atomic mass is 32.1. The van der Waals surface area contributed by atoms with Crippen molar-refractivity contribution in [2.45, 2.75) is 37.8 Å². The van der Waals surface area contributed by atoms with Gasteiger partial charge in [0.1, 0.15) is 5.51 Å². The molecule has 0 aliphatic heterocycles. The Morgan fingerprint density at radius 3 is 3.00 bits per heavy atom. The summed E-state index contributed by atoms with van der Waals surface area (Å²) in [6, 6.07) is 0.666. The standard InChI is InChI=1S/C8H14N4S/c9-6-3-1-2-4-7(6)11-8-12-10-5-13-8/h5-7H,1-4,9H2,(H,11,12). The molecule has 2 rings (SSSR count). The Balaban J connectivity index is 1.93. The number of nitrogens with one attached hydrogen (secondary N) is 1. The molecule has 5 heteroatoms. The van der Waals surface area contributed by atoms with Gasteiger partial charge in [-0.15, -0.1) is 10.2 Å². The molecule has 1 saturated carbocycles. The summed E-state index contributed by atoms with van der Waals surface area (Å²) in [6.07, 6.45) is 4.80. The molecule has 0 bridgehead atoms. The lowest BCUT2D eigenvalue weighted by Crippen LogP contribution is -2.42. The smallest absolute Gasteiger partial charge is 0.205 e. The van der Waals surface area contributed by atoms with Gasteiger partial charge in [0, 0.05) is 12.1 Å². The summed E-state index contributed by atoms with van der Waals surface area (Å²) in [5, 5.41) is 11.9. The van der Waals surface area contributed by atoms with E-state index in [-0.39, 0.29) is 6.04 Å². The summed E-state index contributed by atoms with van der Waals surface area (Å²) in [5.41, 5.74) is 7.72. The van der Waals surface area contributed by atoms with Crippen LogP contribution in [-0.2, 0) is 0 Å². The van der Waals surface area contributed by atoms with Crippen LogP contribution in [0.25, 0.3) is 0 Å². The van der Waals surface area contributed by atoms with Gasteiger partial charge in [0.05, 0.1) is 0 Å². The molecule has 72 valence electrons. The Morgan fingerprint density at radius 2 is 2.31 bits per heavy atom. The van der Waals surface area contributed by atoms with Gasteiger partial charge in [0.2, 0.25) is 5.13 Å². The molecule has 2 atom stereocenters. The van der Waals surface area contributed by atoms with Crippen LogP contribution in [0.1, 0.15) is 25.7 Å². The highest BCUT2D eigenvalue weighted by molar-refractivity contribution is 7.13. The van der Waals surface area contributed by atoms with Crippen LogP contribution in [0.2, 0.25) is 0 Å². The number of hydrogen-bond donors (Lipinski definition) is 2. The molecule has 0 radical (unpaired) electrons. The molecule has 2 unspecified atom stereocenters. The minimum atomic E-state index is 0.276. The van der Waals surface area contributed by atoms with E-state index < -0.39 is 0 Å². The zero-order valence-electron chi connectivity index (χ0n) is 7.44. The lowest BCUT2D eigenvalue weighted by atomic mass is 9.91. The fourth-order valence-electron chi connectivity index (χ4n) is 1.73. The quantitative estimate of drug-likeness (QED) is 0.750. The molecule has 1 aliphatic carbocycles. The second-order valence-corrected chi connectivity index (χ2v) is 4.28. The molecule has 0 saturated heterocycles. The lowest BCUT2D eigenvalue weighted by molar-refractivity contribution is 0.404. The molecule has 4 nitrogen and oxygen atoms in total. The molecule has 1 aliphatic rings. The first kappa shape index (κ1) is 8.90. The third kappa shape index (κ3) is 2.16. The van der Waals surface area contributed by atoms with Gasteiger partial charge in [-0.2, -0.15) is 0 Å². The summed E-state index contributed by atoms with van der Waals surface area (Å²) < 4.78 is 0. The Kier molecular flexibility index (Phi) is 2.75. The Morgan fingerprint density at radius 1 is 1.46 bits per heavy atom. The van der Waals surface area contributed by atoms with Crippen molar-refractivity contribution >= 4 is 16.5 Å². The topological polar surface area (TPSA) is 63.8 Å². The fraction of sp³-hybridized carbons (Fsp3) is 0.750. The molecule has 0 amide bonds. The van der Waals surface area contributed by atoms with Crippen molar-refractivity contribution in [1.29, 1.82) is 0 Å². The average Bonchev–Trinajstić information content (AvgIpc) is 2.61. The molecule has 1 fully saturated rings. The number of nitrogens with zero attached hydrogens (tertiary/aromatic N) is 2. The Hall–Kier alpha value is -0.680. The Labute approximate surface area is 81.6 Å². The maximum Gasteiger partial charge on any atom is 0.205 e. The maximum atomic E-state index is 5.99. The first-order chi connectivity index (χ1) is 6.36. The number of anilines is 1. The highest BCUT2D eigenvalue weighted by Crippen LogP contribution is 2.21. The monoisotopic (exact) mass is 198 g/mol. The molecule has 1 heterocycles. The van der Waals surface area contributed by atoms with Crippen LogP contribution in [0.4, 0.5) is 5.13 Å². The summed E-state index contributed by atoms with van der Waals surface area (Å²) in [6.45, 7) is 0. The van der Waals surface area contributed by atoms with Crippen molar-refractivity contribution in [2.24, 2.45) is 5.73 Å². The first-order valence-electron chi connectivity index (χ1n) is 4.64. The number of nitrogens with two attached hydrogens (primary N) is 1. The van der Waals surface area contributed by atoms with E-state index >= 15 is 0 Å². The van der Waals surface area contributed by atoms with Gasteiger partial charge in [0.15, 0.2) is 0 Å². The van der Waals surface area contributed by atoms with Crippen molar-refractivity contribution in [3.63, 3.8) is 0 Å². The second-order valence-electron chi connectivity index (χ2n) is 3.44. The van der Waals surface area contributed by atoms with Crippen LogP contribution in [0, 0.1) is 0 Å². The van der Waals surface area contributed by atoms with Gasteiger partial charge >= 0.3 is 0 Å². The molecule has 1 aromatic rings. The predicted molar refractivity (Wildman–Crippen MR) is 53.8 cm³/mol. The summed E-state index contributed by atoms with van der Waals surface area (Å²) in [7, 11) is 0. The van der Waals surface area contributed by atoms with Gasteiger partial charge in [0.25, 0.3) is 0 Å². The number of aromatic nitrogens is 2. The van der Waals surface area contributed by atoms with Crippen molar-refractivity contribution in [1.82, 2.24) is 10.2 Å². The molecule has 1 aromatic heterocycles. The zero-order chi connectivity index (χ0) is 9.10.